The molecule has 7 atom stereocenters. The smallest absolute Gasteiger partial charge is 0.305 e. The van der Waals surface area contributed by atoms with Crippen LogP contribution in [0, 0.1) is 0 Å². The van der Waals surface area contributed by atoms with E-state index in [4.69, 9.17) is 14.2 Å². The van der Waals surface area contributed by atoms with Crippen molar-refractivity contribution < 1.29 is 49.3 Å². The van der Waals surface area contributed by atoms with Crippen LogP contribution in [0.5, 0.6) is 0 Å². The number of aliphatic hydroxyl groups excluding tert-OH is 5. The predicted molar refractivity (Wildman–Crippen MR) is 292 cm³/mol. The number of ether oxygens (including phenoxy) is 3. The number of carbonyl (C=O) groups is 2. The van der Waals surface area contributed by atoms with Gasteiger partial charge in [0, 0.05) is 12.8 Å². The van der Waals surface area contributed by atoms with Crippen LogP contribution >= 0.6 is 0 Å². The van der Waals surface area contributed by atoms with E-state index < -0.39 is 49.5 Å². The molecule has 0 aliphatic carbocycles. The van der Waals surface area contributed by atoms with Crippen molar-refractivity contribution in [3.05, 3.63) is 72.9 Å². The molecule has 6 N–H and O–H groups in total. The van der Waals surface area contributed by atoms with Crippen molar-refractivity contribution in [2.24, 2.45) is 0 Å². The van der Waals surface area contributed by atoms with Crippen molar-refractivity contribution in [1.82, 2.24) is 5.32 Å². The Morgan fingerprint density at radius 3 is 1.56 bits per heavy atom. The topological polar surface area (TPSA) is 175 Å². The first-order valence-electron chi connectivity index (χ1n) is 28.7. The minimum absolute atomic E-state index is 0.0442. The minimum Gasteiger partial charge on any atom is -0.466 e. The number of nitrogens with one attached hydrogen (secondary N) is 1. The lowest BCUT2D eigenvalue weighted by molar-refractivity contribution is -0.302. The maximum absolute atomic E-state index is 13.0. The highest BCUT2D eigenvalue weighted by molar-refractivity contribution is 5.76. The van der Waals surface area contributed by atoms with E-state index in [-0.39, 0.29) is 18.5 Å². The van der Waals surface area contributed by atoms with Crippen LogP contribution < -0.4 is 5.32 Å². The lowest BCUT2D eigenvalue weighted by atomic mass is 9.99. The van der Waals surface area contributed by atoms with Gasteiger partial charge in [-0.05, 0) is 109 Å². The van der Waals surface area contributed by atoms with Gasteiger partial charge in [-0.3, -0.25) is 9.59 Å². The molecule has 7 unspecified atom stereocenters. The zero-order chi connectivity index (χ0) is 51.7. The number of unbranched alkanes of at least 4 members (excludes halogenated alkanes) is 25. The fraction of sp³-hybridized carbons (Fsp3) is 0.767. The Hall–Kier alpha value is -2.90. The lowest BCUT2D eigenvalue weighted by Crippen LogP contribution is -2.60. The summed E-state index contributed by atoms with van der Waals surface area (Å²) in [7, 11) is 0. The van der Waals surface area contributed by atoms with Gasteiger partial charge in [-0.2, -0.15) is 0 Å². The van der Waals surface area contributed by atoms with Gasteiger partial charge in [0.25, 0.3) is 0 Å². The van der Waals surface area contributed by atoms with Gasteiger partial charge >= 0.3 is 5.97 Å². The Morgan fingerprint density at radius 1 is 0.535 bits per heavy atom. The van der Waals surface area contributed by atoms with E-state index in [9.17, 15) is 35.1 Å². The maximum Gasteiger partial charge on any atom is 0.305 e. The van der Waals surface area contributed by atoms with Crippen molar-refractivity contribution in [3.63, 3.8) is 0 Å². The SMILES string of the molecule is CCCCC/C=C\C/C=C\CCCCCCCC(=O)OCCCCC/C=C\C=C/CCCCCCCCCCCCC(=O)NC(COC1OC(CO)C(O)C(O)C1O)C(O)/C=C/CC/C=C/CCCCC. The number of hydrogen-bond acceptors (Lipinski definition) is 10. The number of hydrogen-bond donors (Lipinski definition) is 6. The highest BCUT2D eigenvalue weighted by atomic mass is 16.7. The van der Waals surface area contributed by atoms with Gasteiger partial charge in [-0.15, -0.1) is 0 Å². The van der Waals surface area contributed by atoms with Crippen LogP contribution in [0.4, 0.5) is 0 Å². The molecule has 410 valence electrons. The lowest BCUT2D eigenvalue weighted by Gasteiger charge is -2.40. The van der Waals surface area contributed by atoms with Gasteiger partial charge in [0.2, 0.25) is 5.91 Å². The van der Waals surface area contributed by atoms with E-state index in [1.54, 1.807) is 6.08 Å². The van der Waals surface area contributed by atoms with Gasteiger partial charge in [0.05, 0.1) is 32.0 Å². The summed E-state index contributed by atoms with van der Waals surface area (Å²) in [6.45, 7) is 4.17. The number of amides is 1. The van der Waals surface area contributed by atoms with E-state index >= 15 is 0 Å². The molecule has 0 saturated carbocycles. The number of aliphatic hydroxyl groups is 5. The van der Waals surface area contributed by atoms with Crippen LogP contribution in [-0.4, -0.2) is 100 Å². The second-order valence-corrected chi connectivity index (χ2v) is 19.6. The van der Waals surface area contributed by atoms with Crippen LogP contribution in [0.2, 0.25) is 0 Å². The first-order chi connectivity index (χ1) is 34.7. The van der Waals surface area contributed by atoms with Crippen LogP contribution in [0.25, 0.3) is 0 Å². The molecule has 1 rings (SSSR count). The molecule has 11 heteroatoms. The molecular formula is C60H105NO10. The van der Waals surface area contributed by atoms with Crippen LogP contribution in [0.3, 0.4) is 0 Å². The van der Waals surface area contributed by atoms with Crippen molar-refractivity contribution >= 4 is 11.9 Å². The highest BCUT2D eigenvalue weighted by Crippen LogP contribution is 2.23. The fourth-order valence-corrected chi connectivity index (χ4v) is 8.41. The normalized spacial score (nSPS) is 19.7. The molecule has 0 spiro atoms. The highest BCUT2D eigenvalue weighted by Gasteiger charge is 2.44. The van der Waals surface area contributed by atoms with Gasteiger partial charge in [-0.25, -0.2) is 0 Å². The molecule has 1 heterocycles. The number of esters is 1. The number of rotatable bonds is 48. The fourth-order valence-electron chi connectivity index (χ4n) is 8.41. The maximum atomic E-state index is 13.0. The molecule has 0 radical (unpaired) electrons. The van der Waals surface area contributed by atoms with E-state index in [0.717, 1.165) is 103 Å². The molecule has 1 fully saturated rings. The molecule has 1 aliphatic rings. The first-order valence-corrected chi connectivity index (χ1v) is 28.7. The summed E-state index contributed by atoms with van der Waals surface area (Å²) in [5.74, 6) is -0.251. The molecule has 71 heavy (non-hydrogen) atoms. The summed E-state index contributed by atoms with van der Waals surface area (Å²) in [6, 6.07) is -0.836. The van der Waals surface area contributed by atoms with E-state index in [1.165, 1.54) is 103 Å². The molecule has 0 aromatic heterocycles. The predicted octanol–water partition coefficient (Wildman–Crippen LogP) is 12.8. The summed E-state index contributed by atoms with van der Waals surface area (Å²) < 4.78 is 16.6. The summed E-state index contributed by atoms with van der Waals surface area (Å²) in [5, 5.41) is 54.1. The van der Waals surface area contributed by atoms with E-state index in [1.807, 2.05) is 6.08 Å². The van der Waals surface area contributed by atoms with Crippen LogP contribution in [0.15, 0.2) is 72.9 Å². The second-order valence-electron chi connectivity index (χ2n) is 19.6. The quantitative estimate of drug-likeness (QED) is 0.0149. The molecule has 1 aliphatic heterocycles. The number of carbonyl (C=O) groups excluding carboxylic acids is 2. The third-order valence-electron chi connectivity index (χ3n) is 13.0. The third kappa shape index (κ3) is 39.3. The first kappa shape index (κ1) is 66.1. The average Bonchev–Trinajstić information content (AvgIpc) is 3.37. The summed E-state index contributed by atoms with van der Waals surface area (Å²) >= 11 is 0. The Bertz CT molecular complexity index is 1410. The van der Waals surface area contributed by atoms with Gasteiger partial charge < -0.3 is 45.1 Å². The van der Waals surface area contributed by atoms with Crippen LogP contribution in [-0.2, 0) is 23.8 Å². The molecule has 1 amide bonds. The Kier molecular flexibility index (Phi) is 45.9. The van der Waals surface area contributed by atoms with Crippen LogP contribution in [0.1, 0.15) is 232 Å². The van der Waals surface area contributed by atoms with E-state index in [0.29, 0.717) is 19.4 Å². The molecule has 1 saturated heterocycles. The Labute approximate surface area is 432 Å². The summed E-state index contributed by atoms with van der Waals surface area (Å²) in [5.41, 5.74) is 0. The average molecular weight is 1000 g/mol. The zero-order valence-electron chi connectivity index (χ0n) is 44.9. The van der Waals surface area contributed by atoms with Gasteiger partial charge in [-0.1, -0.05) is 183 Å². The largest absolute Gasteiger partial charge is 0.466 e. The molecule has 0 bridgehead atoms. The molecular weight excluding hydrogens is 895 g/mol. The molecule has 11 nitrogen and oxygen atoms in total. The van der Waals surface area contributed by atoms with Crippen molar-refractivity contribution in [2.75, 3.05) is 19.8 Å². The monoisotopic (exact) mass is 1000 g/mol. The summed E-state index contributed by atoms with van der Waals surface area (Å²) in [4.78, 5) is 25.0. The van der Waals surface area contributed by atoms with Crippen molar-refractivity contribution in [2.45, 2.75) is 275 Å². The third-order valence-corrected chi connectivity index (χ3v) is 13.0. The molecule has 0 aromatic rings. The van der Waals surface area contributed by atoms with Crippen molar-refractivity contribution in [1.29, 1.82) is 0 Å². The van der Waals surface area contributed by atoms with E-state index in [2.05, 4.69) is 79.9 Å². The number of allylic oxidation sites excluding steroid dienone is 11. The minimum atomic E-state index is -1.58. The summed E-state index contributed by atoms with van der Waals surface area (Å²) in [6.07, 6.45) is 54.3. The van der Waals surface area contributed by atoms with Gasteiger partial charge in [0.1, 0.15) is 24.4 Å². The molecule has 0 aromatic carbocycles. The van der Waals surface area contributed by atoms with Gasteiger partial charge in [0.15, 0.2) is 6.29 Å². The Balaban J connectivity index is 2.07. The second kappa shape index (κ2) is 49.3. The van der Waals surface area contributed by atoms with Crippen molar-refractivity contribution in [3.8, 4) is 0 Å². The zero-order valence-corrected chi connectivity index (χ0v) is 44.9. The Morgan fingerprint density at radius 2 is 1.00 bits per heavy atom. The standard InChI is InChI=1S/C60H105NO10/c1-3-5-7-9-11-13-14-15-21-25-28-32-36-40-44-48-56(65)69-49-45-41-37-33-29-26-23-20-18-16-17-19-22-24-27-31-35-39-43-47-55(64)61-52(53(63)46-42-38-34-30-12-10-8-6-4-2)51-70-60-59(68)58(67)57(66)54(50-62)71-60/h11-13,15,20-21,23,26,29-30,42,46,52-54,57-60,62-63,66-68H,3-10,14,16-19,22,24-25,27-28,31-41,43-45,47-51H2,1-2H3,(H,61,64)/b13-11-,21-15-,23-20-,29-26-,30-12+,46-42+.